The van der Waals surface area contributed by atoms with Crippen molar-refractivity contribution in [3.05, 3.63) is 78.2 Å². The van der Waals surface area contributed by atoms with E-state index in [1.807, 2.05) is 30.3 Å². The number of fused-ring (bicyclic) bond motifs is 1. The zero-order chi connectivity index (χ0) is 24.2. The van der Waals surface area contributed by atoms with E-state index in [4.69, 9.17) is 4.74 Å². The molecule has 0 saturated heterocycles. The fourth-order valence-corrected chi connectivity index (χ4v) is 4.57. The zero-order valence-corrected chi connectivity index (χ0v) is 19.5. The Morgan fingerprint density at radius 2 is 1.60 bits per heavy atom. The van der Waals surface area contributed by atoms with Gasteiger partial charge in [-0.15, -0.1) is 0 Å². The van der Waals surface area contributed by atoms with Crippen LogP contribution in [0, 0.1) is 0 Å². The number of H-pyrrole nitrogens is 1. The maximum atomic E-state index is 13.4. The van der Waals surface area contributed by atoms with Crippen molar-refractivity contribution in [3.63, 3.8) is 0 Å². The molecule has 2 aromatic carbocycles. The van der Waals surface area contributed by atoms with Crippen molar-refractivity contribution in [3.8, 4) is 11.5 Å². The highest BCUT2D eigenvalue weighted by molar-refractivity contribution is 6.18. The van der Waals surface area contributed by atoms with Crippen molar-refractivity contribution in [1.82, 2.24) is 20.3 Å². The molecule has 4 aromatic rings. The van der Waals surface area contributed by atoms with Crippen LogP contribution in [0.5, 0.6) is 11.5 Å². The molecule has 8 nitrogen and oxygen atoms in total. The Kier molecular flexibility index (Phi) is 6.43. The van der Waals surface area contributed by atoms with Crippen molar-refractivity contribution in [2.24, 2.45) is 0 Å². The van der Waals surface area contributed by atoms with E-state index in [1.165, 1.54) is 6.33 Å². The number of anilines is 1. The second-order valence-corrected chi connectivity index (χ2v) is 8.81. The number of ketones is 1. The number of benzene rings is 2. The third-order valence-corrected chi connectivity index (χ3v) is 6.29. The summed E-state index contributed by atoms with van der Waals surface area (Å²) in [6.45, 7) is 1.55. The fourth-order valence-electron chi connectivity index (χ4n) is 4.57. The van der Waals surface area contributed by atoms with Gasteiger partial charge in [0, 0.05) is 30.8 Å². The maximum Gasteiger partial charge on any atom is 0.217 e. The Morgan fingerprint density at radius 3 is 2.31 bits per heavy atom. The van der Waals surface area contributed by atoms with E-state index < -0.39 is 0 Å². The van der Waals surface area contributed by atoms with E-state index in [9.17, 15) is 9.59 Å². The Bertz CT molecular complexity index is 1330. The average Bonchev–Trinajstić information content (AvgIpc) is 3.31. The lowest BCUT2D eigenvalue weighted by Gasteiger charge is -2.29. The second kappa shape index (κ2) is 9.97. The number of hydrogen-bond donors (Lipinski definition) is 3. The monoisotopic (exact) mass is 469 g/mol. The molecule has 8 heteroatoms. The quantitative estimate of drug-likeness (QED) is 0.334. The van der Waals surface area contributed by atoms with Crippen molar-refractivity contribution in [1.29, 1.82) is 0 Å². The van der Waals surface area contributed by atoms with Gasteiger partial charge in [-0.1, -0.05) is 18.2 Å². The van der Waals surface area contributed by atoms with Crippen LogP contribution >= 0.6 is 0 Å². The summed E-state index contributed by atoms with van der Waals surface area (Å²) in [5.74, 6) is 1.94. The minimum Gasteiger partial charge on any atom is -0.457 e. The summed E-state index contributed by atoms with van der Waals surface area (Å²) in [5, 5.41) is 7.20. The van der Waals surface area contributed by atoms with Crippen molar-refractivity contribution in [2.45, 2.75) is 44.7 Å². The van der Waals surface area contributed by atoms with Crippen molar-refractivity contribution < 1.29 is 14.3 Å². The molecule has 2 aromatic heterocycles. The Balaban J connectivity index is 1.33. The van der Waals surface area contributed by atoms with Crippen LogP contribution in [0.1, 0.15) is 48.5 Å². The van der Waals surface area contributed by atoms with Gasteiger partial charge in [-0.3, -0.25) is 9.59 Å². The highest BCUT2D eigenvalue weighted by Gasteiger charge is 2.24. The molecule has 1 saturated carbocycles. The van der Waals surface area contributed by atoms with E-state index in [0.717, 1.165) is 31.4 Å². The molecule has 178 valence electrons. The summed E-state index contributed by atoms with van der Waals surface area (Å²) < 4.78 is 5.84. The van der Waals surface area contributed by atoms with Gasteiger partial charge in [-0.2, -0.15) is 0 Å². The van der Waals surface area contributed by atoms with E-state index in [0.29, 0.717) is 33.7 Å². The molecule has 0 aliphatic heterocycles. The normalized spacial score (nSPS) is 17.6. The van der Waals surface area contributed by atoms with Crippen LogP contribution < -0.4 is 15.4 Å². The van der Waals surface area contributed by atoms with E-state index in [-0.39, 0.29) is 23.8 Å². The molecule has 3 N–H and O–H groups in total. The molecule has 0 spiro atoms. The van der Waals surface area contributed by atoms with Gasteiger partial charge in [-0.05, 0) is 62.1 Å². The molecule has 0 unspecified atom stereocenters. The van der Waals surface area contributed by atoms with Crippen LogP contribution in [0.4, 0.5) is 5.82 Å². The highest BCUT2D eigenvalue weighted by atomic mass is 16.5. The molecule has 0 bridgehead atoms. The number of aromatic amines is 1. The van der Waals surface area contributed by atoms with Gasteiger partial charge in [0.05, 0.1) is 10.9 Å². The number of carbonyl (C=O) groups is 2. The minimum absolute atomic E-state index is 0.00839. The van der Waals surface area contributed by atoms with Crippen molar-refractivity contribution in [2.75, 3.05) is 5.32 Å². The summed E-state index contributed by atoms with van der Waals surface area (Å²) in [5.41, 5.74) is 1.69. The predicted octanol–water partition coefficient (Wildman–Crippen LogP) is 4.84. The molecule has 2 heterocycles. The average molecular weight is 470 g/mol. The van der Waals surface area contributed by atoms with Crippen LogP contribution in [0.2, 0.25) is 0 Å². The molecule has 1 aliphatic rings. The van der Waals surface area contributed by atoms with E-state index in [1.54, 1.807) is 37.4 Å². The first-order valence-electron chi connectivity index (χ1n) is 11.8. The third-order valence-electron chi connectivity index (χ3n) is 6.29. The Labute approximate surface area is 203 Å². The number of ether oxygens (including phenoxy) is 1. The van der Waals surface area contributed by atoms with Crippen LogP contribution in [-0.2, 0) is 4.79 Å². The first-order valence-corrected chi connectivity index (χ1v) is 11.8. The Morgan fingerprint density at radius 1 is 0.914 bits per heavy atom. The van der Waals surface area contributed by atoms with Crippen LogP contribution in [-0.4, -0.2) is 38.7 Å². The first-order chi connectivity index (χ1) is 17.1. The first kappa shape index (κ1) is 22.6. The van der Waals surface area contributed by atoms with Gasteiger partial charge in [-0.25, -0.2) is 9.97 Å². The molecule has 0 atom stereocenters. The molecule has 1 aliphatic carbocycles. The van der Waals surface area contributed by atoms with Gasteiger partial charge in [0.2, 0.25) is 5.91 Å². The number of carbonyl (C=O) groups excluding carboxylic acids is 2. The fraction of sp³-hybridized carbons (Fsp3) is 0.259. The Hall–Kier alpha value is -4.20. The summed E-state index contributed by atoms with van der Waals surface area (Å²) in [4.78, 5) is 36.6. The summed E-state index contributed by atoms with van der Waals surface area (Å²) in [6.07, 6.45) is 6.81. The molecule has 35 heavy (non-hydrogen) atoms. The van der Waals surface area contributed by atoms with Crippen LogP contribution in [0.15, 0.2) is 67.1 Å². The van der Waals surface area contributed by atoms with Gasteiger partial charge in [0.25, 0.3) is 0 Å². The third kappa shape index (κ3) is 5.16. The second-order valence-electron chi connectivity index (χ2n) is 8.81. The number of aromatic nitrogens is 3. The lowest BCUT2D eigenvalue weighted by Crippen LogP contribution is -2.39. The zero-order valence-electron chi connectivity index (χ0n) is 19.5. The number of hydrogen-bond acceptors (Lipinski definition) is 6. The largest absolute Gasteiger partial charge is 0.457 e. The summed E-state index contributed by atoms with van der Waals surface area (Å²) in [6, 6.07) is 17.0. The number of nitrogens with zero attached hydrogens (tertiary/aromatic N) is 2. The van der Waals surface area contributed by atoms with Gasteiger partial charge >= 0.3 is 0 Å². The molecule has 1 fully saturated rings. The van der Waals surface area contributed by atoms with Gasteiger partial charge in [0.15, 0.2) is 5.78 Å². The highest BCUT2D eigenvalue weighted by Crippen LogP contribution is 2.29. The SMILES string of the molecule is CC(=O)NC1CCC(Nc2ncnc3[nH]cc(C(=O)c4ccc(Oc5ccccc5)cc4)c23)CC1. The topological polar surface area (TPSA) is 109 Å². The van der Waals surface area contributed by atoms with Gasteiger partial charge in [0.1, 0.15) is 29.3 Å². The number of nitrogens with one attached hydrogen (secondary N) is 3. The lowest BCUT2D eigenvalue weighted by atomic mass is 9.91. The molecular weight excluding hydrogens is 442 g/mol. The number of para-hydroxylation sites is 1. The van der Waals surface area contributed by atoms with Crippen molar-refractivity contribution >= 4 is 28.5 Å². The number of amides is 1. The maximum absolute atomic E-state index is 13.4. The lowest BCUT2D eigenvalue weighted by molar-refractivity contribution is -0.119. The summed E-state index contributed by atoms with van der Waals surface area (Å²) in [7, 11) is 0. The van der Waals surface area contributed by atoms with Gasteiger partial charge < -0.3 is 20.4 Å². The molecule has 0 radical (unpaired) electrons. The van der Waals surface area contributed by atoms with Crippen LogP contribution in [0.3, 0.4) is 0 Å². The van der Waals surface area contributed by atoms with E-state index >= 15 is 0 Å². The summed E-state index contributed by atoms with van der Waals surface area (Å²) >= 11 is 0. The van der Waals surface area contributed by atoms with E-state index in [2.05, 4.69) is 25.6 Å². The minimum atomic E-state index is -0.116. The number of rotatable bonds is 7. The standard InChI is InChI=1S/C27H27N5O3/c1-17(33)31-19-9-11-20(12-10-19)32-27-24-23(15-28-26(24)29-16-30-27)25(34)18-7-13-22(14-8-18)35-21-5-3-2-4-6-21/h2-8,13-16,19-20H,9-12H2,1H3,(H,31,33)(H2,28,29,30,32). The predicted molar refractivity (Wildman–Crippen MR) is 134 cm³/mol. The molecule has 1 amide bonds. The smallest absolute Gasteiger partial charge is 0.217 e. The molecular formula is C27H27N5O3. The van der Waals surface area contributed by atoms with Crippen LogP contribution in [0.25, 0.3) is 11.0 Å². The molecule has 5 rings (SSSR count).